The SMILES string of the molecule is CCCc1c(C)[nH]n(-c2ccc(F)cc2)c1=O. The summed E-state index contributed by atoms with van der Waals surface area (Å²) in [5.41, 5.74) is 2.29. The van der Waals surface area contributed by atoms with Crippen molar-refractivity contribution >= 4 is 0 Å². The Hall–Kier alpha value is -1.84. The van der Waals surface area contributed by atoms with Crippen LogP contribution in [0.5, 0.6) is 0 Å². The molecule has 0 saturated heterocycles. The predicted octanol–water partition coefficient (Wildman–Crippen LogP) is 2.57. The van der Waals surface area contributed by atoms with Gasteiger partial charge in [0.1, 0.15) is 5.82 Å². The Bertz CT molecular complexity index is 566. The largest absolute Gasteiger partial charge is 0.295 e. The van der Waals surface area contributed by atoms with Crippen LogP contribution in [0.4, 0.5) is 4.39 Å². The van der Waals surface area contributed by atoms with Gasteiger partial charge in [-0.25, -0.2) is 9.07 Å². The van der Waals surface area contributed by atoms with Crippen molar-refractivity contribution in [3.63, 3.8) is 0 Å². The maximum Gasteiger partial charge on any atom is 0.274 e. The Morgan fingerprint density at radius 2 is 1.94 bits per heavy atom. The van der Waals surface area contributed by atoms with E-state index in [1.54, 1.807) is 12.1 Å². The number of aryl methyl sites for hydroxylation is 1. The summed E-state index contributed by atoms with van der Waals surface area (Å²) in [6.45, 7) is 3.92. The number of H-pyrrole nitrogens is 1. The van der Waals surface area contributed by atoms with E-state index in [1.807, 2.05) is 13.8 Å². The number of nitrogens with zero attached hydrogens (tertiary/aromatic N) is 1. The molecule has 0 fully saturated rings. The van der Waals surface area contributed by atoms with Gasteiger partial charge in [0.15, 0.2) is 0 Å². The third-order valence-electron chi connectivity index (χ3n) is 2.78. The highest BCUT2D eigenvalue weighted by Gasteiger charge is 2.11. The molecule has 0 spiro atoms. The smallest absolute Gasteiger partial charge is 0.274 e. The lowest BCUT2D eigenvalue weighted by molar-refractivity contribution is 0.627. The van der Waals surface area contributed by atoms with Gasteiger partial charge in [0.25, 0.3) is 5.56 Å². The van der Waals surface area contributed by atoms with Crippen LogP contribution < -0.4 is 5.56 Å². The first-order chi connectivity index (χ1) is 8.13. The molecular weight excluding hydrogens is 219 g/mol. The Balaban J connectivity index is 2.50. The normalized spacial score (nSPS) is 10.8. The van der Waals surface area contributed by atoms with Crippen molar-refractivity contribution in [2.75, 3.05) is 0 Å². The molecule has 0 aliphatic rings. The quantitative estimate of drug-likeness (QED) is 0.870. The zero-order valence-electron chi connectivity index (χ0n) is 9.96. The second-order valence-electron chi connectivity index (χ2n) is 4.08. The van der Waals surface area contributed by atoms with Gasteiger partial charge in [0, 0.05) is 11.3 Å². The molecule has 0 radical (unpaired) electrons. The molecule has 0 amide bonds. The average molecular weight is 234 g/mol. The minimum Gasteiger partial charge on any atom is -0.295 e. The molecule has 17 heavy (non-hydrogen) atoms. The predicted molar refractivity (Wildman–Crippen MR) is 65.1 cm³/mol. The van der Waals surface area contributed by atoms with Crippen LogP contribution >= 0.6 is 0 Å². The second kappa shape index (κ2) is 4.57. The number of halogens is 1. The van der Waals surface area contributed by atoms with Gasteiger partial charge in [-0.05, 0) is 37.6 Å². The first kappa shape index (κ1) is 11.6. The van der Waals surface area contributed by atoms with E-state index in [2.05, 4.69) is 5.10 Å². The van der Waals surface area contributed by atoms with E-state index in [0.29, 0.717) is 5.69 Å². The van der Waals surface area contributed by atoms with E-state index in [0.717, 1.165) is 24.1 Å². The highest BCUT2D eigenvalue weighted by molar-refractivity contribution is 5.33. The number of hydrogen-bond acceptors (Lipinski definition) is 1. The van der Waals surface area contributed by atoms with Gasteiger partial charge in [-0.3, -0.25) is 9.89 Å². The highest BCUT2D eigenvalue weighted by atomic mass is 19.1. The van der Waals surface area contributed by atoms with Gasteiger partial charge in [-0.1, -0.05) is 13.3 Å². The van der Waals surface area contributed by atoms with E-state index < -0.39 is 0 Å². The van der Waals surface area contributed by atoms with Crippen molar-refractivity contribution in [2.45, 2.75) is 26.7 Å². The van der Waals surface area contributed by atoms with E-state index in [4.69, 9.17) is 0 Å². The minimum atomic E-state index is -0.307. The fraction of sp³-hybridized carbons (Fsp3) is 0.308. The zero-order valence-corrected chi connectivity index (χ0v) is 9.96. The summed E-state index contributed by atoms with van der Waals surface area (Å²) >= 11 is 0. The molecule has 1 heterocycles. The number of aromatic nitrogens is 2. The van der Waals surface area contributed by atoms with Crippen molar-refractivity contribution in [3.05, 3.63) is 51.7 Å². The summed E-state index contributed by atoms with van der Waals surface area (Å²) in [6, 6.07) is 5.86. The lowest BCUT2D eigenvalue weighted by Gasteiger charge is -2.00. The topological polar surface area (TPSA) is 37.8 Å². The molecule has 0 bridgehead atoms. The van der Waals surface area contributed by atoms with Crippen molar-refractivity contribution in [2.24, 2.45) is 0 Å². The molecule has 90 valence electrons. The lowest BCUT2D eigenvalue weighted by atomic mass is 10.1. The molecule has 0 unspecified atom stereocenters. The Morgan fingerprint density at radius 1 is 1.29 bits per heavy atom. The summed E-state index contributed by atoms with van der Waals surface area (Å²) in [7, 11) is 0. The molecule has 4 heteroatoms. The Labute approximate surface area is 98.9 Å². The highest BCUT2D eigenvalue weighted by Crippen LogP contribution is 2.09. The first-order valence-corrected chi connectivity index (χ1v) is 5.70. The van der Waals surface area contributed by atoms with Gasteiger partial charge in [0.05, 0.1) is 5.69 Å². The van der Waals surface area contributed by atoms with Gasteiger partial charge in [0.2, 0.25) is 0 Å². The van der Waals surface area contributed by atoms with Crippen LogP contribution in [0.25, 0.3) is 5.69 Å². The van der Waals surface area contributed by atoms with Crippen LogP contribution in [0.15, 0.2) is 29.1 Å². The van der Waals surface area contributed by atoms with Crippen molar-refractivity contribution in [1.29, 1.82) is 0 Å². The summed E-state index contributed by atoms with van der Waals surface area (Å²) in [5.74, 6) is -0.307. The standard InChI is InChI=1S/C13H15FN2O/c1-3-4-12-9(2)15-16(13(12)17)11-7-5-10(14)6-8-11/h5-8,15H,3-4H2,1-2H3. The number of benzene rings is 1. The summed E-state index contributed by atoms with van der Waals surface area (Å²) in [4.78, 5) is 12.1. The van der Waals surface area contributed by atoms with Crippen LogP contribution in [-0.4, -0.2) is 9.78 Å². The lowest BCUT2D eigenvalue weighted by Crippen LogP contribution is -2.17. The second-order valence-corrected chi connectivity index (χ2v) is 4.08. The van der Waals surface area contributed by atoms with E-state index in [-0.39, 0.29) is 11.4 Å². The monoisotopic (exact) mass is 234 g/mol. The molecule has 1 aromatic carbocycles. The Morgan fingerprint density at radius 3 is 2.53 bits per heavy atom. The number of nitrogens with one attached hydrogen (secondary N) is 1. The van der Waals surface area contributed by atoms with Crippen LogP contribution in [0.1, 0.15) is 24.6 Å². The summed E-state index contributed by atoms with van der Waals surface area (Å²) in [5, 5.41) is 3.02. The van der Waals surface area contributed by atoms with Gasteiger partial charge in [-0.15, -0.1) is 0 Å². The number of rotatable bonds is 3. The maximum atomic E-state index is 12.8. The zero-order chi connectivity index (χ0) is 12.4. The molecule has 2 rings (SSSR count). The summed E-state index contributed by atoms with van der Waals surface area (Å²) in [6.07, 6.45) is 1.69. The van der Waals surface area contributed by atoms with Crippen molar-refractivity contribution in [1.82, 2.24) is 9.78 Å². The first-order valence-electron chi connectivity index (χ1n) is 5.70. The minimum absolute atomic E-state index is 0.0454. The molecule has 3 nitrogen and oxygen atoms in total. The molecule has 0 atom stereocenters. The molecular formula is C13H15FN2O. The van der Waals surface area contributed by atoms with E-state index in [1.165, 1.54) is 16.8 Å². The van der Waals surface area contributed by atoms with Crippen LogP contribution in [0.3, 0.4) is 0 Å². The molecule has 0 aliphatic carbocycles. The number of hydrogen-bond donors (Lipinski definition) is 1. The third kappa shape index (κ3) is 2.16. The van der Waals surface area contributed by atoms with Crippen LogP contribution in [0.2, 0.25) is 0 Å². The van der Waals surface area contributed by atoms with Crippen molar-refractivity contribution < 1.29 is 4.39 Å². The fourth-order valence-corrected chi connectivity index (χ4v) is 1.90. The molecule has 2 aromatic rings. The van der Waals surface area contributed by atoms with Crippen LogP contribution in [0, 0.1) is 12.7 Å². The molecule has 0 saturated carbocycles. The summed E-state index contributed by atoms with van der Waals surface area (Å²) < 4.78 is 14.3. The van der Waals surface area contributed by atoms with E-state index >= 15 is 0 Å². The van der Waals surface area contributed by atoms with Gasteiger partial charge >= 0.3 is 0 Å². The van der Waals surface area contributed by atoms with Gasteiger partial charge in [-0.2, -0.15) is 0 Å². The average Bonchev–Trinajstić information content (AvgIpc) is 2.59. The van der Waals surface area contributed by atoms with E-state index in [9.17, 15) is 9.18 Å². The maximum absolute atomic E-state index is 12.8. The van der Waals surface area contributed by atoms with Crippen LogP contribution in [-0.2, 0) is 6.42 Å². The third-order valence-corrected chi connectivity index (χ3v) is 2.78. The van der Waals surface area contributed by atoms with Crippen molar-refractivity contribution in [3.8, 4) is 5.69 Å². The number of aromatic amines is 1. The Kier molecular flexibility index (Phi) is 3.13. The fourth-order valence-electron chi connectivity index (χ4n) is 1.90. The molecule has 1 N–H and O–H groups in total. The van der Waals surface area contributed by atoms with Gasteiger partial charge < -0.3 is 0 Å². The molecule has 0 aliphatic heterocycles. The molecule has 1 aromatic heterocycles.